The molecule has 16 heavy (non-hydrogen) atoms. The Morgan fingerprint density at radius 3 is 1.69 bits per heavy atom. The number of nitrogens with zero attached hydrogens (tertiary/aromatic N) is 1. The van der Waals surface area contributed by atoms with Crippen LogP contribution in [0.4, 0.5) is 0 Å². The van der Waals surface area contributed by atoms with Crippen molar-refractivity contribution >= 4 is 5.78 Å². The number of carbonyl (C=O) groups is 1. The van der Waals surface area contributed by atoms with Gasteiger partial charge in [0.1, 0.15) is 5.78 Å². The predicted molar refractivity (Wildman–Crippen MR) is 70.6 cm³/mol. The van der Waals surface area contributed by atoms with E-state index in [9.17, 15) is 4.79 Å². The Morgan fingerprint density at radius 2 is 1.44 bits per heavy atom. The minimum absolute atomic E-state index is 0.220. The normalized spacial score (nSPS) is 14.9. The van der Waals surface area contributed by atoms with Gasteiger partial charge >= 0.3 is 0 Å². The van der Waals surface area contributed by atoms with E-state index in [1.54, 1.807) is 6.92 Å². The first-order valence-corrected chi connectivity index (χ1v) is 6.37. The maximum atomic E-state index is 11.6. The Kier molecular flexibility index (Phi) is 5.67. The summed E-state index contributed by atoms with van der Waals surface area (Å²) in [5.41, 5.74) is -0.220. The molecule has 0 radical (unpaired) electrons. The van der Waals surface area contributed by atoms with Gasteiger partial charge in [0.2, 0.25) is 0 Å². The smallest absolute Gasteiger partial charge is 0.135 e. The van der Waals surface area contributed by atoms with Crippen molar-refractivity contribution < 1.29 is 4.79 Å². The van der Waals surface area contributed by atoms with Crippen LogP contribution in [0.15, 0.2) is 0 Å². The van der Waals surface area contributed by atoms with Gasteiger partial charge in [-0.15, -0.1) is 0 Å². The van der Waals surface area contributed by atoms with Crippen LogP contribution in [0.25, 0.3) is 0 Å². The number of rotatable bonds is 6. The van der Waals surface area contributed by atoms with Crippen LogP contribution in [0, 0.1) is 11.3 Å². The van der Waals surface area contributed by atoms with Crippen molar-refractivity contribution in [2.45, 2.75) is 67.5 Å². The lowest BCUT2D eigenvalue weighted by Crippen LogP contribution is -2.44. The van der Waals surface area contributed by atoms with Crippen LogP contribution in [0.3, 0.4) is 0 Å². The third kappa shape index (κ3) is 3.89. The second-order valence-corrected chi connectivity index (χ2v) is 6.06. The van der Waals surface area contributed by atoms with Crippen LogP contribution in [-0.2, 0) is 4.79 Å². The van der Waals surface area contributed by atoms with Crippen LogP contribution in [0.2, 0.25) is 0 Å². The zero-order valence-corrected chi connectivity index (χ0v) is 12.3. The summed E-state index contributed by atoms with van der Waals surface area (Å²) in [6, 6.07) is 1.07. The fraction of sp³-hybridized carbons (Fsp3) is 0.929. The maximum absolute atomic E-state index is 11.6. The van der Waals surface area contributed by atoms with Crippen LogP contribution >= 0.6 is 0 Å². The molecule has 0 rings (SSSR count). The molecule has 2 nitrogen and oxygen atoms in total. The maximum Gasteiger partial charge on any atom is 0.135 e. The summed E-state index contributed by atoms with van der Waals surface area (Å²) >= 11 is 0. The molecule has 1 atom stereocenters. The number of hydrogen-bond acceptors (Lipinski definition) is 2. The SMILES string of the molecule is CC(=O)C(C)(C)C(C)CN(C(C)C)C(C)C. The van der Waals surface area contributed by atoms with E-state index in [4.69, 9.17) is 0 Å². The lowest BCUT2D eigenvalue weighted by atomic mass is 9.76. The predicted octanol–water partition coefficient (Wildman–Crippen LogP) is 3.36. The molecule has 96 valence electrons. The molecule has 0 aliphatic carbocycles. The summed E-state index contributed by atoms with van der Waals surface area (Å²) in [7, 11) is 0. The van der Waals surface area contributed by atoms with Gasteiger partial charge in [0.05, 0.1) is 0 Å². The lowest BCUT2D eigenvalue weighted by molar-refractivity contribution is -0.127. The van der Waals surface area contributed by atoms with Crippen LogP contribution in [0.1, 0.15) is 55.4 Å². The van der Waals surface area contributed by atoms with Gasteiger partial charge < -0.3 is 0 Å². The molecule has 0 saturated carbocycles. The van der Waals surface area contributed by atoms with E-state index >= 15 is 0 Å². The average molecular weight is 227 g/mol. The van der Waals surface area contributed by atoms with Gasteiger partial charge in [0.25, 0.3) is 0 Å². The molecule has 0 aromatic rings. The molecule has 0 aliphatic heterocycles. The van der Waals surface area contributed by atoms with Crippen molar-refractivity contribution in [3.05, 3.63) is 0 Å². The molecule has 0 bridgehead atoms. The minimum atomic E-state index is -0.220. The van der Waals surface area contributed by atoms with E-state index in [2.05, 4.69) is 53.4 Å². The standard InChI is InChI=1S/C14H29NO/c1-10(2)15(11(3)4)9-12(5)14(7,8)13(6)16/h10-12H,9H2,1-8H3. The number of Topliss-reactive ketones (excluding diaryl/α,β-unsaturated/α-hetero) is 1. The zero-order valence-electron chi connectivity index (χ0n) is 12.3. The number of carbonyl (C=O) groups excluding carboxylic acids is 1. The van der Waals surface area contributed by atoms with E-state index < -0.39 is 0 Å². The van der Waals surface area contributed by atoms with Crippen molar-refractivity contribution in [1.82, 2.24) is 4.90 Å². The molecular formula is C14H29NO. The largest absolute Gasteiger partial charge is 0.299 e. The monoisotopic (exact) mass is 227 g/mol. The zero-order chi connectivity index (χ0) is 13.1. The van der Waals surface area contributed by atoms with Gasteiger partial charge in [0, 0.05) is 24.0 Å². The van der Waals surface area contributed by atoms with Gasteiger partial charge in [-0.25, -0.2) is 0 Å². The summed E-state index contributed by atoms with van der Waals surface area (Å²) < 4.78 is 0. The summed E-state index contributed by atoms with van der Waals surface area (Å²) in [6.45, 7) is 17.8. The van der Waals surface area contributed by atoms with Crippen molar-refractivity contribution in [2.24, 2.45) is 11.3 Å². The molecular weight excluding hydrogens is 198 g/mol. The van der Waals surface area contributed by atoms with E-state index in [-0.39, 0.29) is 11.2 Å². The molecule has 0 aromatic carbocycles. The lowest BCUT2D eigenvalue weighted by Gasteiger charge is -2.38. The number of ketones is 1. The summed E-state index contributed by atoms with van der Waals surface area (Å²) in [6.07, 6.45) is 0. The molecule has 0 amide bonds. The Labute approximate surface area is 101 Å². The minimum Gasteiger partial charge on any atom is -0.299 e. The molecule has 1 unspecified atom stereocenters. The molecule has 0 aliphatic rings. The van der Waals surface area contributed by atoms with Gasteiger partial charge in [0.15, 0.2) is 0 Å². The second kappa shape index (κ2) is 5.81. The Bertz CT molecular complexity index is 223. The summed E-state index contributed by atoms with van der Waals surface area (Å²) in [5, 5.41) is 0. The highest BCUT2D eigenvalue weighted by molar-refractivity contribution is 5.81. The van der Waals surface area contributed by atoms with Crippen LogP contribution in [-0.4, -0.2) is 29.3 Å². The van der Waals surface area contributed by atoms with Crippen molar-refractivity contribution in [2.75, 3.05) is 6.54 Å². The van der Waals surface area contributed by atoms with Crippen molar-refractivity contribution in [3.63, 3.8) is 0 Å². The molecule has 0 saturated heterocycles. The first kappa shape index (κ1) is 15.6. The van der Waals surface area contributed by atoms with Crippen LogP contribution in [0.5, 0.6) is 0 Å². The Balaban J connectivity index is 4.64. The average Bonchev–Trinajstić information content (AvgIpc) is 2.11. The first-order valence-electron chi connectivity index (χ1n) is 6.37. The molecule has 0 aromatic heterocycles. The third-order valence-corrected chi connectivity index (χ3v) is 3.95. The number of hydrogen-bond donors (Lipinski definition) is 0. The topological polar surface area (TPSA) is 20.3 Å². The fourth-order valence-electron chi connectivity index (χ4n) is 1.91. The highest BCUT2D eigenvalue weighted by atomic mass is 16.1. The van der Waals surface area contributed by atoms with Crippen molar-refractivity contribution in [3.8, 4) is 0 Å². The van der Waals surface area contributed by atoms with Gasteiger partial charge in [-0.05, 0) is 40.5 Å². The van der Waals surface area contributed by atoms with E-state index in [0.29, 0.717) is 18.0 Å². The van der Waals surface area contributed by atoms with Crippen molar-refractivity contribution in [1.29, 1.82) is 0 Å². The Morgan fingerprint density at radius 1 is 1.06 bits per heavy atom. The molecule has 0 spiro atoms. The van der Waals surface area contributed by atoms with E-state index in [0.717, 1.165) is 6.54 Å². The highest BCUT2D eigenvalue weighted by Gasteiger charge is 2.32. The second-order valence-electron chi connectivity index (χ2n) is 6.06. The summed E-state index contributed by atoms with van der Waals surface area (Å²) in [4.78, 5) is 14.1. The van der Waals surface area contributed by atoms with Gasteiger partial charge in [-0.3, -0.25) is 9.69 Å². The molecule has 0 N–H and O–H groups in total. The fourth-order valence-corrected chi connectivity index (χ4v) is 1.91. The van der Waals surface area contributed by atoms with E-state index in [1.165, 1.54) is 0 Å². The van der Waals surface area contributed by atoms with Crippen LogP contribution < -0.4 is 0 Å². The molecule has 2 heteroatoms. The first-order chi connectivity index (χ1) is 7.10. The highest BCUT2D eigenvalue weighted by Crippen LogP contribution is 2.29. The van der Waals surface area contributed by atoms with Gasteiger partial charge in [-0.2, -0.15) is 0 Å². The van der Waals surface area contributed by atoms with E-state index in [1.807, 2.05) is 0 Å². The molecule has 0 heterocycles. The van der Waals surface area contributed by atoms with Gasteiger partial charge in [-0.1, -0.05) is 20.8 Å². The molecule has 0 fully saturated rings. The third-order valence-electron chi connectivity index (χ3n) is 3.95. The summed E-state index contributed by atoms with van der Waals surface area (Å²) in [5.74, 6) is 0.669. The Hall–Kier alpha value is -0.370. The quantitative estimate of drug-likeness (QED) is 0.693.